The summed E-state index contributed by atoms with van der Waals surface area (Å²) in [7, 11) is 0. The second-order valence-corrected chi connectivity index (χ2v) is 5.34. The molecule has 2 rings (SSSR count). The van der Waals surface area contributed by atoms with Crippen LogP contribution in [0.5, 0.6) is 11.5 Å². The molecule has 3 heteroatoms. The lowest BCUT2D eigenvalue weighted by Gasteiger charge is -2.15. The van der Waals surface area contributed by atoms with E-state index in [0.717, 1.165) is 17.1 Å². The van der Waals surface area contributed by atoms with Gasteiger partial charge in [0, 0.05) is 6.07 Å². The van der Waals surface area contributed by atoms with Crippen LogP contribution in [0.4, 0.5) is 5.69 Å². The molecule has 0 aliphatic carbocycles. The van der Waals surface area contributed by atoms with Gasteiger partial charge < -0.3 is 10.5 Å². The van der Waals surface area contributed by atoms with Crippen molar-refractivity contribution >= 4 is 17.3 Å². The SMILES string of the molecule is Cc1cc(N)c(Cl)cc1Oc1ccccc1C(C)C. The highest BCUT2D eigenvalue weighted by atomic mass is 35.5. The Hall–Kier alpha value is -1.67. The molecule has 0 heterocycles. The first-order valence-corrected chi connectivity index (χ1v) is 6.69. The minimum atomic E-state index is 0.403. The maximum Gasteiger partial charge on any atom is 0.131 e. The Kier molecular flexibility index (Phi) is 4.01. The number of nitrogen functional groups attached to an aromatic ring is 1. The van der Waals surface area contributed by atoms with Crippen LogP contribution in [0.1, 0.15) is 30.9 Å². The van der Waals surface area contributed by atoms with Gasteiger partial charge in [0.25, 0.3) is 0 Å². The van der Waals surface area contributed by atoms with Crippen LogP contribution in [0, 0.1) is 6.92 Å². The van der Waals surface area contributed by atoms with Crippen molar-refractivity contribution in [2.45, 2.75) is 26.7 Å². The van der Waals surface area contributed by atoms with Crippen LogP contribution >= 0.6 is 11.6 Å². The van der Waals surface area contributed by atoms with Crippen LogP contribution in [0.15, 0.2) is 36.4 Å². The number of halogens is 1. The first kappa shape index (κ1) is 13.8. The number of nitrogens with two attached hydrogens (primary N) is 1. The number of benzene rings is 2. The van der Waals surface area contributed by atoms with Crippen molar-refractivity contribution in [2.24, 2.45) is 0 Å². The maximum atomic E-state index is 6.05. The van der Waals surface area contributed by atoms with E-state index in [1.807, 2.05) is 31.2 Å². The Balaban J connectivity index is 2.39. The number of para-hydroxylation sites is 1. The number of anilines is 1. The molecule has 2 N–H and O–H groups in total. The van der Waals surface area contributed by atoms with E-state index in [9.17, 15) is 0 Å². The number of hydrogen-bond acceptors (Lipinski definition) is 2. The van der Waals surface area contributed by atoms with E-state index in [1.165, 1.54) is 5.56 Å². The topological polar surface area (TPSA) is 35.2 Å². The van der Waals surface area contributed by atoms with Crippen molar-refractivity contribution in [1.29, 1.82) is 0 Å². The molecule has 100 valence electrons. The zero-order valence-electron chi connectivity index (χ0n) is 11.4. The van der Waals surface area contributed by atoms with Crippen molar-refractivity contribution in [3.8, 4) is 11.5 Å². The lowest BCUT2D eigenvalue weighted by molar-refractivity contribution is 0.469. The third-order valence-electron chi connectivity index (χ3n) is 3.06. The fourth-order valence-corrected chi connectivity index (χ4v) is 2.12. The van der Waals surface area contributed by atoms with E-state index in [-0.39, 0.29) is 0 Å². The van der Waals surface area contributed by atoms with Gasteiger partial charge in [0.2, 0.25) is 0 Å². The fourth-order valence-electron chi connectivity index (χ4n) is 1.96. The highest BCUT2D eigenvalue weighted by Crippen LogP contribution is 2.35. The number of aryl methyl sites for hydroxylation is 1. The first-order chi connectivity index (χ1) is 8.99. The molecule has 0 atom stereocenters. The second-order valence-electron chi connectivity index (χ2n) is 4.93. The van der Waals surface area contributed by atoms with Crippen LogP contribution in [-0.2, 0) is 0 Å². The summed E-state index contributed by atoms with van der Waals surface area (Å²) in [5.74, 6) is 2.01. The fraction of sp³-hybridized carbons (Fsp3) is 0.250. The van der Waals surface area contributed by atoms with E-state index in [2.05, 4.69) is 19.9 Å². The van der Waals surface area contributed by atoms with Crippen molar-refractivity contribution in [2.75, 3.05) is 5.73 Å². The lowest BCUT2D eigenvalue weighted by Crippen LogP contribution is -1.96. The second kappa shape index (κ2) is 5.54. The predicted molar refractivity (Wildman–Crippen MR) is 81.2 cm³/mol. The summed E-state index contributed by atoms with van der Waals surface area (Å²) >= 11 is 6.05. The molecule has 2 nitrogen and oxygen atoms in total. The third kappa shape index (κ3) is 3.02. The summed E-state index contributed by atoms with van der Waals surface area (Å²) in [4.78, 5) is 0. The molecule has 0 bridgehead atoms. The van der Waals surface area contributed by atoms with E-state index in [1.54, 1.807) is 6.07 Å². The van der Waals surface area contributed by atoms with Gasteiger partial charge in [0.05, 0.1) is 10.7 Å². The molecule has 0 aliphatic rings. The summed E-state index contributed by atoms with van der Waals surface area (Å²) in [6, 6.07) is 11.6. The molecule has 0 fully saturated rings. The van der Waals surface area contributed by atoms with E-state index < -0.39 is 0 Å². The Morgan fingerprint density at radius 2 is 1.79 bits per heavy atom. The Morgan fingerprint density at radius 3 is 2.47 bits per heavy atom. The average Bonchev–Trinajstić information content (AvgIpc) is 2.36. The van der Waals surface area contributed by atoms with Gasteiger partial charge >= 0.3 is 0 Å². The highest BCUT2D eigenvalue weighted by molar-refractivity contribution is 6.33. The van der Waals surface area contributed by atoms with Crippen LogP contribution in [0.2, 0.25) is 5.02 Å². The number of hydrogen-bond donors (Lipinski definition) is 1. The molecule has 0 amide bonds. The molecule has 0 saturated heterocycles. The van der Waals surface area contributed by atoms with Gasteiger partial charge in [0.1, 0.15) is 11.5 Å². The molecule has 0 aliphatic heterocycles. The molecule has 2 aromatic carbocycles. The molecular formula is C16H18ClNO. The zero-order chi connectivity index (χ0) is 14.0. The summed E-state index contributed by atoms with van der Waals surface area (Å²) in [6.45, 7) is 6.25. The lowest BCUT2D eigenvalue weighted by atomic mass is 10.0. The van der Waals surface area contributed by atoms with Crippen LogP contribution in [0.25, 0.3) is 0 Å². The average molecular weight is 276 g/mol. The summed E-state index contributed by atoms with van der Waals surface area (Å²) in [5, 5.41) is 0.516. The summed E-state index contributed by atoms with van der Waals surface area (Å²) < 4.78 is 6.00. The van der Waals surface area contributed by atoms with Gasteiger partial charge in [-0.3, -0.25) is 0 Å². The minimum Gasteiger partial charge on any atom is -0.457 e. The zero-order valence-corrected chi connectivity index (χ0v) is 12.2. The molecule has 0 aromatic heterocycles. The van der Waals surface area contributed by atoms with Crippen molar-refractivity contribution < 1.29 is 4.74 Å². The smallest absolute Gasteiger partial charge is 0.131 e. The summed E-state index contributed by atoms with van der Waals surface area (Å²) in [5.41, 5.74) is 8.49. The highest BCUT2D eigenvalue weighted by Gasteiger charge is 2.10. The van der Waals surface area contributed by atoms with E-state index >= 15 is 0 Å². The number of rotatable bonds is 3. The van der Waals surface area contributed by atoms with Crippen LogP contribution in [-0.4, -0.2) is 0 Å². The third-order valence-corrected chi connectivity index (χ3v) is 3.38. The van der Waals surface area contributed by atoms with Crippen molar-refractivity contribution in [1.82, 2.24) is 0 Å². The van der Waals surface area contributed by atoms with Crippen molar-refractivity contribution in [3.63, 3.8) is 0 Å². The largest absolute Gasteiger partial charge is 0.457 e. The molecule has 0 spiro atoms. The number of ether oxygens (including phenoxy) is 1. The normalized spacial score (nSPS) is 10.8. The molecule has 2 aromatic rings. The predicted octanol–water partition coefficient (Wildman–Crippen LogP) is 5.15. The first-order valence-electron chi connectivity index (χ1n) is 6.31. The quantitative estimate of drug-likeness (QED) is 0.787. The monoisotopic (exact) mass is 275 g/mol. The minimum absolute atomic E-state index is 0.403. The van der Waals surface area contributed by atoms with Crippen molar-refractivity contribution in [3.05, 3.63) is 52.5 Å². The van der Waals surface area contributed by atoms with Gasteiger partial charge in [-0.1, -0.05) is 43.6 Å². The Morgan fingerprint density at radius 1 is 1.11 bits per heavy atom. The molecule has 0 unspecified atom stereocenters. The van der Waals surface area contributed by atoms with Gasteiger partial charge in [-0.25, -0.2) is 0 Å². The summed E-state index contributed by atoms with van der Waals surface area (Å²) in [6.07, 6.45) is 0. The standard InChI is InChI=1S/C16H18ClNO/c1-10(2)12-6-4-5-7-15(12)19-16-9-13(17)14(18)8-11(16)3/h4-10H,18H2,1-3H3. The molecular weight excluding hydrogens is 258 g/mol. The molecule has 0 radical (unpaired) electrons. The molecule has 0 saturated carbocycles. The van der Waals surface area contributed by atoms with Gasteiger partial charge in [-0.15, -0.1) is 0 Å². The van der Waals surface area contributed by atoms with Gasteiger partial charge in [-0.05, 0) is 36.1 Å². The Labute approximate surface area is 119 Å². The van der Waals surface area contributed by atoms with E-state index in [0.29, 0.717) is 16.6 Å². The van der Waals surface area contributed by atoms with Crippen LogP contribution in [0.3, 0.4) is 0 Å². The van der Waals surface area contributed by atoms with Gasteiger partial charge in [-0.2, -0.15) is 0 Å². The molecule has 19 heavy (non-hydrogen) atoms. The van der Waals surface area contributed by atoms with E-state index in [4.69, 9.17) is 22.1 Å². The Bertz CT molecular complexity index is 593. The van der Waals surface area contributed by atoms with Gasteiger partial charge in [0.15, 0.2) is 0 Å². The maximum absolute atomic E-state index is 6.05. The van der Waals surface area contributed by atoms with Crippen LogP contribution < -0.4 is 10.5 Å².